The Balaban J connectivity index is 1.35. The van der Waals surface area contributed by atoms with Crippen LogP contribution < -0.4 is 10.5 Å². The molecule has 2 amide bonds. The first-order valence-electron chi connectivity index (χ1n) is 10.8. The highest BCUT2D eigenvalue weighted by Crippen LogP contribution is 2.52. The molecule has 3 atom stereocenters. The van der Waals surface area contributed by atoms with Crippen molar-refractivity contribution in [2.45, 2.75) is 18.7 Å². The molecule has 2 N–H and O–H groups in total. The highest BCUT2D eigenvalue weighted by Gasteiger charge is 2.57. The minimum Gasteiger partial charge on any atom is -0.487 e. The number of nitrogens with zero attached hydrogens (tertiary/aromatic N) is 2. The lowest BCUT2D eigenvalue weighted by molar-refractivity contribution is 0.201. The predicted molar refractivity (Wildman–Crippen MR) is 124 cm³/mol. The van der Waals surface area contributed by atoms with Crippen LogP contribution in [0.2, 0.25) is 0 Å². The average Bonchev–Trinajstić information content (AvgIpc) is 3.21. The lowest BCUT2D eigenvalue weighted by atomic mass is 10.1. The van der Waals surface area contributed by atoms with Crippen LogP contribution in [0.15, 0.2) is 46.3 Å². The van der Waals surface area contributed by atoms with Gasteiger partial charge in [-0.25, -0.2) is 13.6 Å². The number of rotatable bonds is 6. The third kappa shape index (κ3) is 4.93. The quantitative estimate of drug-likeness (QED) is 0.504. The van der Waals surface area contributed by atoms with Gasteiger partial charge in [-0.05, 0) is 47.2 Å². The molecule has 1 saturated carbocycles. The number of aliphatic imine (C=N–C) groups is 1. The minimum absolute atomic E-state index is 0.00431. The number of fused-ring (bicyclic) bond motifs is 1. The van der Waals surface area contributed by atoms with Gasteiger partial charge in [-0.3, -0.25) is 4.21 Å². The van der Waals surface area contributed by atoms with Crippen LogP contribution in [0.1, 0.15) is 13.8 Å². The van der Waals surface area contributed by atoms with Crippen LogP contribution in [0, 0.1) is 35.3 Å². The van der Waals surface area contributed by atoms with E-state index in [9.17, 15) is 17.8 Å². The minimum atomic E-state index is -1.12. The molecule has 1 aliphatic heterocycles. The van der Waals surface area contributed by atoms with E-state index in [0.717, 1.165) is 0 Å². The topological polar surface area (TPSA) is 85.0 Å². The zero-order valence-corrected chi connectivity index (χ0v) is 19.6. The van der Waals surface area contributed by atoms with Gasteiger partial charge in [0.25, 0.3) is 0 Å². The maximum absolute atomic E-state index is 14.6. The lowest BCUT2D eigenvalue weighted by Crippen LogP contribution is -2.32. The number of ether oxygens (including phenoxy) is 1. The van der Waals surface area contributed by atoms with Crippen molar-refractivity contribution in [2.75, 3.05) is 26.0 Å². The molecule has 2 aromatic carbocycles. The van der Waals surface area contributed by atoms with E-state index >= 15 is 0 Å². The van der Waals surface area contributed by atoms with Crippen molar-refractivity contribution in [3.63, 3.8) is 0 Å². The van der Waals surface area contributed by atoms with Crippen LogP contribution in [0.5, 0.6) is 5.75 Å². The van der Waals surface area contributed by atoms with E-state index in [1.165, 1.54) is 12.1 Å². The number of amides is 2. The SMILES string of the molecule is CC(C)C(N)=NC(=O)N1CC2C(COc3c(F)cc(-c4ccc(S(C)=O)cc4)cc3F)C2C1. The van der Waals surface area contributed by atoms with E-state index in [1.54, 1.807) is 35.4 Å². The molecule has 2 aromatic rings. The number of benzene rings is 2. The van der Waals surface area contributed by atoms with Crippen LogP contribution in [-0.2, 0) is 10.8 Å². The number of carbonyl (C=O) groups is 1. The van der Waals surface area contributed by atoms with Gasteiger partial charge in [0.05, 0.1) is 6.61 Å². The lowest BCUT2D eigenvalue weighted by Gasteiger charge is -2.18. The van der Waals surface area contributed by atoms with Crippen molar-refractivity contribution >= 4 is 22.7 Å². The van der Waals surface area contributed by atoms with E-state index < -0.39 is 28.2 Å². The number of halogens is 2. The van der Waals surface area contributed by atoms with Gasteiger partial charge >= 0.3 is 6.03 Å². The maximum atomic E-state index is 14.6. The number of likely N-dealkylation sites (tertiary alicyclic amines) is 1. The summed E-state index contributed by atoms with van der Waals surface area (Å²) in [6.45, 7) is 5.04. The molecule has 1 aliphatic carbocycles. The number of hydrogen-bond donors (Lipinski definition) is 1. The molecule has 0 spiro atoms. The number of urea groups is 1. The Morgan fingerprint density at radius 3 is 2.24 bits per heavy atom. The molecule has 0 bridgehead atoms. The van der Waals surface area contributed by atoms with Gasteiger partial charge in [-0.2, -0.15) is 4.99 Å². The highest BCUT2D eigenvalue weighted by molar-refractivity contribution is 7.84. The second kappa shape index (κ2) is 9.21. The summed E-state index contributed by atoms with van der Waals surface area (Å²) in [6, 6.07) is 8.86. The van der Waals surface area contributed by atoms with Gasteiger partial charge in [0, 0.05) is 46.9 Å². The van der Waals surface area contributed by atoms with Crippen molar-refractivity contribution in [1.82, 2.24) is 4.90 Å². The van der Waals surface area contributed by atoms with Gasteiger partial charge in [0.2, 0.25) is 0 Å². The molecule has 3 unspecified atom stereocenters. The first-order valence-corrected chi connectivity index (χ1v) is 12.4. The van der Waals surface area contributed by atoms with Crippen LogP contribution in [0.4, 0.5) is 13.6 Å². The summed E-state index contributed by atoms with van der Waals surface area (Å²) in [4.78, 5) is 18.5. The zero-order valence-electron chi connectivity index (χ0n) is 18.8. The Kier molecular flexibility index (Phi) is 6.52. The van der Waals surface area contributed by atoms with Crippen LogP contribution in [0.3, 0.4) is 0 Å². The van der Waals surface area contributed by atoms with Crippen molar-refractivity contribution in [1.29, 1.82) is 0 Å². The molecule has 2 fully saturated rings. The normalized spacial score (nSPS) is 22.9. The van der Waals surface area contributed by atoms with Gasteiger partial charge in [-0.15, -0.1) is 0 Å². The van der Waals surface area contributed by atoms with Crippen LogP contribution in [0.25, 0.3) is 11.1 Å². The van der Waals surface area contributed by atoms with E-state index in [0.29, 0.717) is 34.9 Å². The Bertz CT molecular complexity index is 1090. The van der Waals surface area contributed by atoms with E-state index in [4.69, 9.17) is 10.5 Å². The molecule has 2 aliphatic rings. The summed E-state index contributed by atoms with van der Waals surface area (Å²) in [5.74, 6) is -0.965. The maximum Gasteiger partial charge on any atom is 0.345 e. The van der Waals surface area contributed by atoms with Gasteiger partial charge in [0.1, 0.15) is 5.84 Å². The molecule has 6 nitrogen and oxygen atoms in total. The summed E-state index contributed by atoms with van der Waals surface area (Å²) in [6.07, 6.45) is 1.57. The van der Waals surface area contributed by atoms with Gasteiger partial charge < -0.3 is 15.4 Å². The summed E-state index contributed by atoms with van der Waals surface area (Å²) in [7, 11) is -1.12. The monoisotopic (exact) mass is 475 g/mol. The van der Waals surface area contributed by atoms with E-state index in [-0.39, 0.29) is 36.3 Å². The van der Waals surface area contributed by atoms with Crippen molar-refractivity contribution in [2.24, 2.45) is 34.4 Å². The van der Waals surface area contributed by atoms with Crippen molar-refractivity contribution in [3.8, 4) is 16.9 Å². The van der Waals surface area contributed by atoms with Gasteiger partial charge in [0.15, 0.2) is 17.4 Å². The number of carbonyl (C=O) groups excluding carboxylic acids is 1. The molecule has 33 heavy (non-hydrogen) atoms. The molecule has 0 radical (unpaired) electrons. The second-order valence-electron chi connectivity index (χ2n) is 8.93. The van der Waals surface area contributed by atoms with Crippen molar-refractivity contribution in [3.05, 3.63) is 48.0 Å². The Hall–Kier alpha value is -2.81. The predicted octanol–water partition coefficient (Wildman–Crippen LogP) is 4.06. The Morgan fingerprint density at radius 2 is 1.73 bits per heavy atom. The third-order valence-electron chi connectivity index (χ3n) is 6.40. The van der Waals surface area contributed by atoms with E-state index in [1.807, 2.05) is 13.8 Å². The summed E-state index contributed by atoms with van der Waals surface area (Å²) < 4.78 is 46.3. The molecular weight excluding hydrogens is 448 g/mol. The number of amidine groups is 1. The largest absolute Gasteiger partial charge is 0.487 e. The zero-order chi connectivity index (χ0) is 23.9. The smallest absolute Gasteiger partial charge is 0.345 e. The van der Waals surface area contributed by atoms with E-state index in [2.05, 4.69) is 4.99 Å². The first-order chi connectivity index (χ1) is 15.7. The summed E-state index contributed by atoms with van der Waals surface area (Å²) in [5, 5.41) is 0. The highest BCUT2D eigenvalue weighted by atomic mass is 32.2. The fourth-order valence-corrected chi connectivity index (χ4v) is 4.77. The van der Waals surface area contributed by atoms with Crippen molar-refractivity contribution < 1.29 is 22.5 Å². The summed E-state index contributed by atoms with van der Waals surface area (Å²) in [5.41, 5.74) is 6.76. The fraction of sp³-hybridized carbons (Fsp3) is 0.417. The standard InChI is InChI=1S/C24H27F2N3O3S/c1-13(2)23(27)28-24(30)29-10-17-18(11-29)19(17)12-32-22-20(25)8-15(9-21(22)26)14-4-6-16(7-5-14)33(3)31/h4-9,13,17-19H,10-12H2,1-3H3,(H2,27,28,30). The Labute approximate surface area is 194 Å². The third-order valence-corrected chi connectivity index (χ3v) is 7.33. The Morgan fingerprint density at radius 1 is 1.15 bits per heavy atom. The molecule has 176 valence electrons. The molecule has 1 saturated heterocycles. The number of hydrogen-bond acceptors (Lipinski definition) is 3. The number of nitrogens with two attached hydrogens (primary N) is 1. The molecule has 1 heterocycles. The van der Waals surface area contributed by atoms with Crippen LogP contribution in [-0.4, -0.2) is 46.9 Å². The molecule has 0 aromatic heterocycles. The molecule has 4 rings (SSSR count). The summed E-state index contributed by atoms with van der Waals surface area (Å²) >= 11 is 0. The number of piperidine rings is 1. The second-order valence-corrected chi connectivity index (χ2v) is 10.3. The fourth-order valence-electron chi connectivity index (χ4n) is 4.25. The van der Waals surface area contributed by atoms with Crippen LogP contribution >= 0.6 is 0 Å². The molecule has 9 heteroatoms. The average molecular weight is 476 g/mol. The molecular formula is C24H27F2N3O3S. The first kappa shape index (κ1) is 23.4. The van der Waals surface area contributed by atoms with Gasteiger partial charge in [-0.1, -0.05) is 26.0 Å².